The first-order valence-electron chi connectivity index (χ1n) is 15.3. The first kappa shape index (κ1) is 32.7. The number of benzene rings is 4. The van der Waals surface area contributed by atoms with Crippen molar-refractivity contribution in [3.63, 3.8) is 0 Å². The summed E-state index contributed by atoms with van der Waals surface area (Å²) in [5, 5.41) is 5.81. The van der Waals surface area contributed by atoms with E-state index in [0.717, 1.165) is 31.2 Å². The lowest BCUT2D eigenvalue weighted by molar-refractivity contribution is 0.0705. The zero-order valence-electron chi connectivity index (χ0n) is 25.4. The molecule has 0 aliphatic heterocycles. The Morgan fingerprint density at radius 1 is 0.500 bits per heavy atom. The molecule has 6 heteroatoms. The third-order valence-electron chi connectivity index (χ3n) is 7.34. The van der Waals surface area contributed by atoms with Gasteiger partial charge in [-0.05, 0) is 88.9 Å². The van der Waals surface area contributed by atoms with Crippen LogP contribution in [0.3, 0.4) is 0 Å². The van der Waals surface area contributed by atoms with Gasteiger partial charge in [0.25, 0.3) is 0 Å². The molecule has 0 saturated heterocycles. The van der Waals surface area contributed by atoms with Crippen LogP contribution in [0.4, 0.5) is 0 Å². The second-order valence-electron chi connectivity index (χ2n) is 10.3. The standard InChI is InChI=1S/C36H46O3P2Si/c1-4-37-42(38-5-2,39-6-3)29-19-20-32(30-40(33-21-11-7-12-22-33)34-23-13-8-14-24-34)31-41(35-25-15-9-16-26-35)36-27-17-10-18-28-36/h7-18,21-28,32H,4-6,19-20,29-31H2,1-3H3. The SMILES string of the molecule is CCO[Si](CCCC(CP(c1ccccc1)c1ccccc1)CP(c1ccccc1)c1ccccc1)(OCC)OCC. The van der Waals surface area contributed by atoms with Gasteiger partial charge in [-0.2, -0.15) is 0 Å². The van der Waals surface area contributed by atoms with E-state index in [-0.39, 0.29) is 0 Å². The first-order valence-corrected chi connectivity index (χ1v) is 20.3. The van der Waals surface area contributed by atoms with Crippen molar-refractivity contribution in [2.75, 3.05) is 32.1 Å². The summed E-state index contributed by atoms with van der Waals surface area (Å²) in [6.07, 6.45) is 4.48. The Hall–Kier alpha value is -2.16. The number of hydrogen-bond donors (Lipinski definition) is 0. The van der Waals surface area contributed by atoms with E-state index >= 15 is 0 Å². The molecule has 4 aromatic carbocycles. The molecule has 0 aliphatic rings. The quantitative estimate of drug-likeness (QED) is 0.0847. The van der Waals surface area contributed by atoms with E-state index in [1.807, 2.05) is 20.8 Å². The van der Waals surface area contributed by atoms with E-state index in [4.69, 9.17) is 13.3 Å². The van der Waals surface area contributed by atoms with E-state index in [1.54, 1.807) is 0 Å². The molecule has 0 fully saturated rings. The summed E-state index contributed by atoms with van der Waals surface area (Å²) in [5.74, 6) is 0.541. The highest BCUT2D eigenvalue weighted by atomic mass is 31.1. The monoisotopic (exact) mass is 616 g/mol. The molecule has 0 spiro atoms. The highest BCUT2D eigenvalue weighted by Gasteiger charge is 2.40. The predicted molar refractivity (Wildman–Crippen MR) is 186 cm³/mol. The smallest absolute Gasteiger partial charge is 0.374 e. The summed E-state index contributed by atoms with van der Waals surface area (Å²) in [6, 6.07) is 45.5. The fourth-order valence-corrected chi connectivity index (χ4v) is 13.6. The highest BCUT2D eigenvalue weighted by Crippen LogP contribution is 2.43. The largest absolute Gasteiger partial charge is 0.500 e. The normalized spacial score (nSPS) is 12.0. The zero-order valence-corrected chi connectivity index (χ0v) is 28.2. The Bertz CT molecular complexity index is 1080. The molecule has 0 aliphatic carbocycles. The second-order valence-corrected chi connectivity index (χ2v) is 17.5. The zero-order chi connectivity index (χ0) is 29.5. The molecular weight excluding hydrogens is 570 g/mol. The van der Waals surface area contributed by atoms with Crippen LogP contribution in [0.25, 0.3) is 0 Å². The first-order chi connectivity index (χ1) is 20.7. The number of hydrogen-bond acceptors (Lipinski definition) is 3. The van der Waals surface area contributed by atoms with Crippen LogP contribution in [0.15, 0.2) is 121 Å². The Morgan fingerprint density at radius 3 is 1.10 bits per heavy atom. The summed E-state index contributed by atoms with van der Waals surface area (Å²) >= 11 is 0. The predicted octanol–water partition coefficient (Wildman–Crippen LogP) is 7.70. The molecule has 4 aromatic rings. The van der Waals surface area contributed by atoms with Crippen LogP contribution in [0.1, 0.15) is 33.6 Å². The van der Waals surface area contributed by atoms with Crippen LogP contribution < -0.4 is 21.2 Å². The van der Waals surface area contributed by atoms with Gasteiger partial charge in [-0.3, -0.25) is 0 Å². The van der Waals surface area contributed by atoms with Gasteiger partial charge in [0.15, 0.2) is 0 Å². The van der Waals surface area contributed by atoms with E-state index in [9.17, 15) is 0 Å². The molecule has 0 N–H and O–H groups in total. The second kappa shape index (κ2) is 17.8. The molecule has 0 atom stereocenters. The van der Waals surface area contributed by atoms with Gasteiger partial charge in [-0.1, -0.05) is 121 Å². The topological polar surface area (TPSA) is 27.7 Å². The fraction of sp³-hybridized carbons (Fsp3) is 0.333. The molecule has 3 nitrogen and oxygen atoms in total. The lowest BCUT2D eigenvalue weighted by atomic mass is 10.1. The van der Waals surface area contributed by atoms with Gasteiger partial charge in [0.2, 0.25) is 0 Å². The molecule has 4 rings (SSSR count). The van der Waals surface area contributed by atoms with Gasteiger partial charge in [-0.15, -0.1) is 0 Å². The van der Waals surface area contributed by atoms with Crippen LogP contribution in [0, 0.1) is 5.92 Å². The van der Waals surface area contributed by atoms with Crippen molar-refractivity contribution in [2.45, 2.75) is 39.7 Å². The minimum Gasteiger partial charge on any atom is -0.374 e. The van der Waals surface area contributed by atoms with Crippen molar-refractivity contribution in [1.29, 1.82) is 0 Å². The van der Waals surface area contributed by atoms with Crippen molar-refractivity contribution in [1.82, 2.24) is 0 Å². The maximum Gasteiger partial charge on any atom is 0.500 e. The van der Waals surface area contributed by atoms with Gasteiger partial charge in [0.1, 0.15) is 0 Å². The molecule has 0 aromatic heterocycles. The fourth-order valence-electron chi connectivity index (χ4n) is 5.52. The minimum atomic E-state index is -2.69. The molecule has 0 heterocycles. The Kier molecular flexibility index (Phi) is 13.9. The van der Waals surface area contributed by atoms with Crippen LogP contribution >= 0.6 is 15.8 Å². The lowest BCUT2D eigenvalue weighted by Crippen LogP contribution is -2.46. The molecular formula is C36H46O3P2Si. The summed E-state index contributed by atoms with van der Waals surface area (Å²) in [6.45, 7) is 8.00. The Morgan fingerprint density at radius 2 is 0.810 bits per heavy atom. The van der Waals surface area contributed by atoms with Crippen molar-refractivity contribution < 1.29 is 13.3 Å². The van der Waals surface area contributed by atoms with Gasteiger partial charge in [0.05, 0.1) is 0 Å². The minimum absolute atomic E-state index is 0.495. The maximum absolute atomic E-state index is 6.23. The van der Waals surface area contributed by atoms with E-state index in [1.165, 1.54) is 21.2 Å². The summed E-state index contributed by atoms with van der Waals surface area (Å²) in [5.41, 5.74) is 0. The van der Waals surface area contributed by atoms with Crippen LogP contribution in [-0.4, -0.2) is 40.9 Å². The van der Waals surface area contributed by atoms with Crippen LogP contribution in [0.5, 0.6) is 0 Å². The van der Waals surface area contributed by atoms with Crippen LogP contribution in [0.2, 0.25) is 6.04 Å². The van der Waals surface area contributed by atoms with Gasteiger partial charge >= 0.3 is 8.80 Å². The third-order valence-corrected chi connectivity index (χ3v) is 15.9. The number of rotatable bonds is 18. The average molecular weight is 617 g/mol. The Labute approximate surface area is 257 Å². The Balaban J connectivity index is 1.66. The van der Waals surface area contributed by atoms with Gasteiger partial charge in [-0.25, -0.2) is 0 Å². The molecule has 222 valence electrons. The van der Waals surface area contributed by atoms with Gasteiger partial charge in [0, 0.05) is 25.9 Å². The third kappa shape index (κ3) is 9.68. The molecule has 0 bridgehead atoms. The van der Waals surface area contributed by atoms with Crippen LogP contribution in [-0.2, 0) is 13.3 Å². The average Bonchev–Trinajstić information content (AvgIpc) is 3.04. The molecule has 0 saturated carbocycles. The van der Waals surface area contributed by atoms with Crippen molar-refractivity contribution in [3.05, 3.63) is 121 Å². The summed E-state index contributed by atoms with van der Waals surface area (Å²) < 4.78 is 18.7. The van der Waals surface area contributed by atoms with Crippen molar-refractivity contribution in [3.8, 4) is 0 Å². The molecule has 0 unspecified atom stereocenters. The van der Waals surface area contributed by atoms with E-state index < -0.39 is 24.6 Å². The lowest BCUT2D eigenvalue weighted by Gasteiger charge is -2.31. The molecule has 42 heavy (non-hydrogen) atoms. The highest BCUT2D eigenvalue weighted by molar-refractivity contribution is 7.74. The summed E-state index contributed by atoms with van der Waals surface area (Å²) in [4.78, 5) is 0. The molecule has 0 amide bonds. The van der Waals surface area contributed by atoms with Crippen molar-refractivity contribution >= 4 is 45.9 Å². The maximum atomic E-state index is 6.23. The van der Waals surface area contributed by atoms with E-state index in [0.29, 0.717) is 25.7 Å². The van der Waals surface area contributed by atoms with E-state index in [2.05, 4.69) is 121 Å². The summed E-state index contributed by atoms with van der Waals surface area (Å²) in [7, 11) is -3.68. The molecule has 0 radical (unpaired) electrons. The van der Waals surface area contributed by atoms with Gasteiger partial charge < -0.3 is 13.3 Å². The van der Waals surface area contributed by atoms with Crippen molar-refractivity contribution in [2.24, 2.45) is 5.92 Å².